The van der Waals surface area contributed by atoms with Crippen LogP contribution in [0.25, 0.3) is 0 Å². The largest absolute Gasteiger partial charge is 0.487 e. The Morgan fingerprint density at radius 2 is 2.32 bits per heavy atom. The monoisotopic (exact) mass is 327 g/mol. The minimum Gasteiger partial charge on any atom is -0.487 e. The molecule has 1 N–H and O–H groups in total. The van der Waals surface area contributed by atoms with Crippen LogP contribution < -0.4 is 10.1 Å². The van der Waals surface area contributed by atoms with Crippen LogP contribution in [0.1, 0.15) is 19.8 Å². The van der Waals surface area contributed by atoms with Crippen LogP contribution in [-0.2, 0) is 14.8 Å². The van der Waals surface area contributed by atoms with E-state index in [9.17, 15) is 13.2 Å². The molecule has 1 aliphatic heterocycles. The van der Waals surface area contributed by atoms with E-state index >= 15 is 0 Å². The number of carbonyl (C=O) groups excluding carboxylic acids is 1. The van der Waals surface area contributed by atoms with E-state index < -0.39 is 16.1 Å². The van der Waals surface area contributed by atoms with Crippen molar-refractivity contribution in [1.29, 1.82) is 0 Å². The van der Waals surface area contributed by atoms with Crippen molar-refractivity contribution in [2.75, 3.05) is 19.3 Å². The van der Waals surface area contributed by atoms with Crippen LogP contribution in [0.3, 0.4) is 0 Å². The maximum Gasteiger partial charge on any atom is 0.238 e. The molecular formula is C14H21N3O4S. The zero-order valence-electron chi connectivity index (χ0n) is 12.7. The molecule has 2 heterocycles. The van der Waals surface area contributed by atoms with Gasteiger partial charge in [0.05, 0.1) is 18.5 Å². The molecule has 0 aliphatic carbocycles. The second-order valence-corrected chi connectivity index (χ2v) is 7.22. The van der Waals surface area contributed by atoms with Crippen LogP contribution in [0, 0.1) is 0 Å². The number of sulfonamides is 1. The number of nitrogens with one attached hydrogen (secondary N) is 1. The predicted molar refractivity (Wildman–Crippen MR) is 81.9 cm³/mol. The van der Waals surface area contributed by atoms with Crippen LogP contribution in [0.4, 0.5) is 0 Å². The number of carbonyl (C=O) groups is 1. The molecular weight excluding hydrogens is 306 g/mol. The standard InChI is InChI=1S/C14H21N3O4S/c1-3-7-22(19,20)17-10-12(8-13(17)14(18)15-2)21-11-5-4-6-16-9-11/h4-6,9,12-13H,3,7-8,10H2,1-2H3,(H,15,18)/t12-,13+/m0/s1. The molecule has 0 radical (unpaired) electrons. The summed E-state index contributed by atoms with van der Waals surface area (Å²) in [5, 5.41) is 2.52. The summed E-state index contributed by atoms with van der Waals surface area (Å²) in [4.78, 5) is 15.9. The van der Waals surface area contributed by atoms with E-state index in [4.69, 9.17) is 4.74 Å². The quantitative estimate of drug-likeness (QED) is 0.816. The first-order valence-corrected chi connectivity index (χ1v) is 8.86. The molecule has 0 aromatic carbocycles. The van der Waals surface area contributed by atoms with Crippen LogP contribution in [0.2, 0.25) is 0 Å². The Balaban J connectivity index is 2.16. The first-order valence-electron chi connectivity index (χ1n) is 7.25. The number of pyridine rings is 1. The lowest BCUT2D eigenvalue weighted by Gasteiger charge is -2.21. The van der Waals surface area contributed by atoms with Gasteiger partial charge in [0.15, 0.2) is 0 Å². The smallest absolute Gasteiger partial charge is 0.238 e. The van der Waals surface area contributed by atoms with Gasteiger partial charge in [-0.15, -0.1) is 0 Å². The van der Waals surface area contributed by atoms with Crippen molar-refractivity contribution in [3.05, 3.63) is 24.5 Å². The van der Waals surface area contributed by atoms with Crippen molar-refractivity contribution >= 4 is 15.9 Å². The molecule has 0 bridgehead atoms. The number of hydrogen-bond acceptors (Lipinski definition) is 5. The van der Waals surface area contributed by atoms with Gasteiger partial charge in [0.1, 0.15) is 17.9 Å². The summed E-state index contributed by atoms with van der Waals surface area (Å²) in [6.45, 7) is 1.97. The Labute approximate surface area is 130 Å². The second kappa shape index (κ2) is 7.06. The molecule has 1 aromatic heterocycles. The number of amides is 1. The molecule has 1 amide bonds. The summed E-state index contributed by atoms with van der Waals surface area (Å²) < 4.78 is 31.7. The number of nitrogens with zero attached hydrogens (tertiary/aromatic N) is 2. The van der Waals surface area contributed by atoms with E-state index in [-0.39, 0.29) is 24.3 Å². The highest BCUT2D eigenvalue weighted by atomic mass is 32.2. The summed E-state index contributed by atoms with van der Waals surface area (Å²) in [6, 6.07) is 2.78. The number of rotatable bonds is 6. The summed E-state index contributed by atoms with van der Waals surface area (Å²) >= 11 is 0. The van der Waals surface area contributed by atoms with Gasteiger partial charge in [0.25, 0.3) is 0 Å². The molecule has 122 valence electrons. The van der Waals surface area contributed by atoms with Gasteiger partial charge in [-0.2, -0.15) is 4.31 Å². The maximum absolute atomic E-state index is 12.3. The summed E-state index contributed by atoms with van der Waals surface area (Å²) in [5.41, 5.74) is 0. The van der Waals surface area contributed by atoms with Crippen molar-refractivity contribution in [3.63, 3.8) is 0 Å². The highest BCUT2D eigenvalue weighted by Crippen LogP contribution is 2.26. The van der Waals surface area contributed by atoms with Gasteiger partial charge < -0.3 is 10.1 Å². The van der Waals surface area contributed by atoms with Gasteiger partial charge in [0.2, 0.25) is 15.9 Å². The Morgan fingerprint density at radius 1 is 1.55 bits per heavy atom. The summed E-state index contributed by atoms with van der Waals surface area (Å²) in [7, 11) is -1.96. The van der Waals surface area contributed by atoms with E-state index in [0.29, 0.717) is 18.6 Å². The van der Waals surface area contributed by atoms with Crippen molar-refractivity contribution in [2.45, 2.75) is 31.9 Å². The van der Waals surface area contributed by atoms with Gasteiger partial charge in [-0.05, 0) is 18.6 Å². The molecule has 2 atom stereocenters. The molecule has 0 unspecified atom stereocenters. The molecule has 2 rings (SSSR count). The molecule has 1 saturated heterocycles. The molecule has 7 nitrogen and oxygen atoms in total. The van der Waals surface area contributed by atoms with E-state index in [2.05, 4.69) is 10.3 Å². The Kier molecular flexibility index (Phi) is 5.36. The molecule has 0 saturated carbocycles. The van der Waals surface area contributed by atoms with E-state index in [0.717, 1.165) is 0 Å². The first kappa shape index (κ1) is 16.7. The number of likely N-dealkylation sites (N-methyl/N-ethyl adjacent to an activating group) is 1. The minimum absolute atomic E-state index is 0.0279. The summed E-state index contributed by atoms with van der Waals surface area (Å²) in [6.07, 6.45) is 3.67. The normalized spacial score (nSPS) is 22.5. The highest BCUT2D eigenvalue weighted by Gasteiger charge is 2.43. The van der Waals surface area contributed by atoms with Gasteiger partial charge in [-0.3, -0.25) is 9.78 Å². The SMILES string of the molecule is CCCS(=O)(=O)N1C[C@@H](Oc2cccnc2)C[C@@H]1C(=O)NC. The second-order valence-electron chi connectivity index (χ2n) is 5.18. The fraction of sp³-hybridized carbons (Fsp3) is 0.571. The number of aromatic nitrogens is 1. The van der Waals surface area contributed by atoms with E-state index in [1.807, 2.05) is 0 Å². The van der Waals surface area contributed by atoms with Crippen LogP contribution >= 0.6 is 0 Å². The van der Waals surface area contributed by atoms with Crippen molar-refractivity contribution in [1.82, 2.24) is 14.6 Å². The van der Waals surface area contributed by atoms with Crippen LogP contribution in [-0.4, -0.2) is 55.1 Å². The topological polar surface area (TPSA) is 88.6 Å². The first-order chi connectivity index (χ1) is 10.5. The Hall–Kier alpha value is -1.67. The van der Waals surface area contributed by atoms with Gasteiger partial charge >= 0.3 is 0 Å². The molecule has 1 aromatic rings. The third kappa shape index (κ3) is 3.75. The number of hydrogen-bond donors (Lipinski definition) is 1. The third-order valence-electron chi connectivity index (χ3n) is 3.52. The Morgan fingerprint density at radius 3 is 2.91 bits per heavy atom. The average Bonchev–Trinajstić information content (AvgIpc) is 2.92. The van der Waals surface area contributed by atoms with Gasteiger partial charge in [-0.1, -0.05) is 6.92 Å². The fourth-order valence-corrected chi connectivity index (χ4v) is 4.26. The lowest BCUT2D eigenvalue weighted by Crippen LogP contribution is -2.45. The van der Waals surface area contributed by atoms with Crippen molar-refractivity contribution in [2.24, 2.45) is 0 Å². The van der Waals surface area contributed by atoms with Crippen LogP contribution in [0.15, 0.2) is 24.5 Å². The van der Waals surface area contributed by atoms with E-state index in [1.165, 1.54) is 11.4 Å². The zero-order valence-corrected chi connectivity index (χ0v) is 13.5. The van der Waals surface area contributed by atoms with Crippen LogP contribution in [0.5, 0.6) is 5.75 Å². The van der Waals surface area contributed by atoms with Crippen molar-refractivity contribution < 1.29 is 17.9 Å². The van der Waals surface area contributed by atoms with Gasteiger partial charge in [0, 0.05) is 19.7 Å². The third-order valence-corrected chi connectivity index (χ3v) is 5.57. The Bertz CT molecular complexity index is 606. The number of ether oxygens (including phenoxy) is 1. The molecule has 8 heteroatoms. The lowest BCUT2D eigenvalue weighted by atomic mass is 10.2. The average molecular weight is 327 g/mol. The summed E-state index contributed by atoms with van der Waals surface area (Å²) in [5.74, 6) is 0.287. The molecule has 1 aliphatic rings. The zero-order chi connectivity index (χ0) is 16.2. The lowest BCUT2D eigenvalue weighted by molar-refractivity contribution is -0.123. The van der Waals surface area contributed by atoms with E-state index in [1.54, 1.807) is 31.5 Å². The van der Waals surface area contributed by atoms with Crippen molar-refractivity contribution in [3.8, 4) is 5.75 Å². The fourth-order valence-electron chi connectivity index (χ4n) is 2.55. The highest BCUT2D eigenvalue weighted by molar-refractivity contribution is 7.89. The predicted octanol–water partition coefficient (Wildman–Crippen LogP) is 0.389. The maximum atomic E-state index is 12.3. The molecule has 22 heavy (non-hydrogen) atoms. The molecule has 0 spiro atoms. The van der Waals surface area contributed by atoms with Gasteiger partial charge in [-0.25, -0.2) is 8.42 Å². The minimum atomic E-state index is -3.46. The molecule has 1 fully saturated rings.